The van der Waals surface area contributed by atoms with Crippen molar-refractivity contribution in [3.8, 4) is 0 Å². The van der Waals surface area contributed by atoms with Crippen molar-refractivity contribution in [1.82, 2.24) is 4.90 Å². The van der Waals surface area contributed by atoms with Gasteiger partial charge in [-0.3, -0.25) is 4.79 Å². The number of aliphatic hydroxyl groups excluding tert-OH is 1. The number of amides is 1. The van der Waals surface area contributed by atoms with Crippen LogP contribution >= 0.6 is 11.3 Å². The molecule has 20 heavy (non-hydrogen) atoms. The molecular formula is C15H18N2O2S. The Balaban J connectivity index is 2.02. The van der Waals surface area contributed by atoms with Gasteiger partial charge < -0.3 is 15.7 Å². The van der Waals surface area contributed by atoms with Crippen LogP contribution in [-0.2, 0) is 0 Å². The molecule has 1 fully saturated rings. The molecule has 3 N–H and O–H groups in total. The maximum absolute atomic E-state index is 12.7. The Morgan fingerprint density at radius 3 is 2.85 bits per heavy atom. The van der Waals surface area contributed by atoms with Crippen molar-refractivity contribution >= 4 is 33.0 Å². The van der Waals surface area contributed by atoms with Crippen LogP contribution in [0.3, 0.4) is 0 Å². The lowest BCUT2D eigenvalue weighted by Crippen LogP contribution is -2.35. The molecule has 2 aromatic rings. The number of benzene rings is 1. The number of aliphatic hydroxyl groups is 1. The van der Waals surface area contributed by atoms with E-state index >= 15 is 0 Å². The summed E-state index contributed by atoms with van der Waals surface area (Å²) in [5.74, 6) is -0.0420. The summed E-state index contributed by atoms with van der Waals surface area (Å²) in [4.78, 5) is 15.0. The minimum Gasteiger partial charge on any atom is -0.397 e. The second-order valence-corrected chi connectivity index (χ2v) is 6.27. The first-order valence-electron chi connectivity index (χ1n) is 6.83. The number of nitrogens with zero attached hydrogens (tertiary/aromatic N) is 1. The maximum atomic E-state index is 12.7. The van der Waals surface area contributed by atoms with Gasteiger partial charge in [0.15, 0.2) is 0 Å². The van der Waals surface area contributed by atoms with Crippen LogP contribution in [0.1, 0.15) is 28.1 Å². The quantitative estimate of drug-likeness (QED) is 0.908. The number of rotatable bonds is 4. The van der Waals surface area contributed by atoms with E-state index in [0.717, 1.165) is 28.5 Å². The minimum absolute atomic E-state index is 0.00787. The summed E-state index contributed by atoms with van der Waals surface area (Å²) < 4.78 is 1.08. The molecule has 106 valence electrons. The molecule has 0 radical (unpaired) electrons. The van der Waals surface area contributed by atoms with Gasteiger partial charge in [0.2, 0.25) is 0 Å². The number of hydrogen-bond donors (Lipinski definition) is 2. The summed E-state index contributed by atoms with van der Waals surface area (Å²) in [6, 6.07) is 6.22. The third-order valence-electron chi connectivity index (χ3n) is 3.73. The van der Waals surface area contributed by atoms with Crippen LogP contribution in [0.15, 0.2) is 18.2 Å². The van der Waals surface area contributed by atoms with Crippen molar-refractivity contribution in [2.24, 2.45) is 0 Å². The van der Waals surface area contributed by atoms with E-state index in [2.05, 4.69) is 0 Å². The van der Waals surface area contributed by atoms with E-state index in [1.807, 2.05) is 25.1 Å². The van der Waals surface area contributed by atoms with E-state index in [9.17, 15) is 4.79 Å². The average molecular weight is 290 g/mol. The van der Waals surface area contributed by atoms with Gasteiger partial charge >= 0.3 is 0 Å². The summed E-state index contributed by atoms with van der Waals surface area (Å²) in [6.07, 6.45) is 2.05. The highest BCUT2D eigenvalue weighted by atomic mass is 32.1. The Hall–Kier alpha value is -1.59. The molecule has 1 heterocycles. The lowest BCUT2D eigenvalue weighted by Gasteiger charge is -2.20. The molecule has 3 rings (SSSR count). The molecule has 0 unspecified atom stereocenters. The molecule has 1 aliphatic carbocycles. The number of thiophene rings is 1. The van der Waals surface area contributed by atoms with E-state index in [1.54, 1.807) is 4.90 Å². The summed E-state index contributed by atoms with van der Waals surface area (Å²) in [5, 5.41) is 10.1. The van der Waals surface area contributed by atoms with Crippen molar-refractivity contribution in [3.05, 3.63) is 28.6 Å². The molecule has 0 aliphatic heterocycles. The number of nitrogen functional groups attached to an aromatic ring is 1. The van der Waals surface area contributed by atoms with Gasteiger partial charge in [-0.05, 0) is 25.3 Å². The monoisotopic (exact) mass is 290 g/mol. The van der Waals surface area contributed by atoms with Crippen LogP contribution < -0.4 is 5.73 Å². The van der Waals surface area contributed by atoms with Gasteiger partial charge in [0, 0.05) is 22.7 Å². The molecule has 1 saturated carbocycles. The first-order valence-corrected chi connectivity index (χ1v) is 7.64. The van der Waals surface area contributed by atoms with Gasteiger partial charge in [-0.1, -0.05) is 18.2 Å². The first kappa shape index (κ1) is 13.4. The highest BCUT2D eigenvalue weighted by Gasteiger charge is 2.34. The van der Waals surface area contributed by atoms with E-state index < -0.39 is 0 Å². The fraction of sp³-hybridized carbons (Fsp3) is 0.400. The number of nitrogens with two attached hydrogens (primary N) is 1. The first-order chi connectivity index (χ1) is 9.63. The number of carbonyl (C=O) groups excluding carboxylic acids is 1. The van der Waals surface area contributed by atoms with Gasteiger partial charge in [0.05, 0.1) is 12.3 Å². The van der Waals surface area contributed by atoms with E-state index in [0.29, 0.717) is 17.1 Å². The third kappa shape index (κ3) is 2.17. The molecule has 1 aromatic carbocycles. The number of fused-ring (bicyclic) bond motifs is 1. The molecule has 1 aromatic heterocycles. The number of anilines is 1. The molecule has 5 heteroatoms. The number of aryl methyl sites for hydroxylation is 1. The zero-order valence-electron chi connectivity index (χ0n) is 11.4. The largest absolute Gasteiger partial charge is 0.397 e. The molecule has 0 saturated heterocycles. The second kappa shape index (κ2) is 5.07. The van der Waals surface area contributed by atoms with Gasteiger partial charge in [-0.2, -0.15) is 0 Å². The van der Waals surface area contributed by atoms with Crippen LogP contribution in [0.4, 0.5) is 5.69 Å². The molecule has 1 amide bonds. The highest BCUT2D eigenvalue weighted by molar-refractivity contribution is 7.21. The standard InChI is InChI=1S/C15H18N2O2S/c1-9-3-2-4-11-12(16)14(20-13(9)11)15(19)17(7-8-18)10-5-6-10/h2-4,10,18H,5-8,16H2,1H3. The predicted molar refractivity (Wildman–Crippen MR) is 82.1 cm³/mol. The summed E-state index contributed by atoms with van der Waals surface area (Å²) in [5.41, 5.74) is 7.87. The molecule has 0 atom stereocenters. The number of carbonyl (C=O) groups is 1. The molecule has 0 bridgehead atoms. The third-order valence-corrected chi connectivity index (χ3v) is 5.08. The van der Waals surface area contributed by atoms with Crippen molar-refractivity contribution < 1.29 is 9.90 Å². The zero-order valence-corrected chi connectivity index (χ0v) is 12.2. The van der Waals surface area contributed by atoms with Crippen LogP contribution in [-0.4, -0.2) is 35.1 Å². The van der Waals surface area contributed by atoms with Crippen molar-refractivity contribution in [2.75, 3.05) is 18.9 Å². The van der Waals surface area contributed by atoms with Crippen LogP contribution in [0, 0.1) is 6.92 Å². The van der Waals surface area contributed by atoms with Gasteiger partial charge in [0.25, 0.3) is 5.91 Å². The Labute approximate surface area is 121 Å². The average Bonchev–Trinajstić information content (AvgIpc) is 3.21. The van der Waals surface area contributed by atoms with Gasteiger partial charge in [-0.25, -0.2) is 0 Å². The SMILES string of the molecule is Cc1cccc2c(N)c(C(=O)N(CCO)C3CC3)sc12. The van der Waals surface area contributed by atoms with E-state index in [-0.39, 0.29) is 18.6 Å². The summed E-state index contributed by atoms with van der Waals surface area (Å²) >= 11 is 1.46. The Bertz CT molecular complexity index is 661. The molecule has 1 aliphatic rings. The fourth-order valence-corrected chi connectivity index (χ4v) is 3.66. The molecule has 4 nitrogen and oxygen atoms in total. The fourth-order valence-electron chi connectivity index (χ4n) is 2.51. The van der Waals surface area contributed by atoms with Gasteiger partial charge in [-0.15, -0.1) is 11.3 Å². The predicted octanol–water partition coefficient (Wildman–Crippen LogP) is 2.39. The molecular weight excluding hydrogens is 272 g/mol. The Morgan fingerprint density at radius 1 is 1.50 bits per heavy atom. The Kier molecular flexibility index (Phi) is 3.40. The maximum Gasteiger partial charge on any atom is 0.266 e. The zero-order chi connectivity index (χ0) is 14.3. The lowest BCUT2D eigenvalue weighted by atomic mass is 10.1. The lowest BCUT2D eigenvalue weighted by molar-refractivity contribution is 0.0713. The second-order valence-electron chi connectivity index (χ2n) is 5.25. The summed E-state index contributed by atoms with van der Waals surface area (Å²) in [6.45, 7) is 2.40. The topological polar surface area (TPSA) is 66.6 Å². The van der Waals surface area contributed by atoms with Crippen molar-refractivity contribution in [2.45, 2.75) is 25.8 Å². The number of hydrogen-bond acceptors (Lipinski definition) is 4. The minimum atomic E-state index is -0.0420. The van der Waals surface area contributed by atoms with Crippen molar-refractivity contribution in [3.63, 3.8) is 0 Å². The van der Waals surface area contributed by atoms with E-state index in [4.69, 9.17) is 10.8 Å². The highest BCUT2D eigenvalue weighted by Crippen LogP contribution is 2.38. The molecule has 0 spiro atoms. The Morgan fingerprint density at radius 2 is 2.25 bits per heavy atom. The summed E-state index contributed by atoms with van der Waals surface area (Å²) in [7, 11) is 0. The normalized spacial score (nSPS) is 14.7. The van der Waals surface area contributed by atoms with Crippen molar-refractivity contribution in [1.29, 1.82) is 0 Å². The van der Waals surface area contributed by atoms with E-state index in [1.165, 1.54) is 11.3 Å². The van der Waals surface area contributed by atoms with Gasteiger partial charge in [0.1, 0.15) is 4.88 Å². The van der Waals surface area contributed by atoms with Crippen LogP contribution in [0.2, 0.25) is 0 Å². The van der Waals surface area contributed by atoms with Crippen LogP contribution in [0.5, 0.6) is 0 Å². The van der Waals surface area contributed by atoms with Crippen LogP contribution in [0.25, 0.3) is 10.1 Å². The smallest absolute Gasteiger partial charge is 0.266 e.